The van der Waals surface area contributed by atoms with Crippen LogP contribution in [-0.4, -0.2) is 40.1 Å². The summed E-state index contributed by atoms with van der Waals surface area (Å²) in [5.74, 6) is 0. The van der Waals surface area contributed by atoms with Gasteiger partial charge in [-0.25, -0.2) is 4.79 Å². The van der Waals surface area contributed by atoms with Crippen molar-refractivity contribution in [1.29, 1.82) is 0 Å². The Kier molecular flexibility index (Phi) is 3.61. The molecule has 0 aromatic heterocycles. The lowest BCUT2D eigenvalue weighted by atomic mass is 10.1. The second-order valence-electron chi connectivity index (χ2n) is 4.03. The van der Waals surface area contributed by atoms with E-state index in [9.17, 15) is 4.79 Å². The van der Waals surface area contributed by atoms with Gasteiger partial charge in [0.2, 0.25) is 0 Å². The Balaban J connectivity index is 1.94. The fourth-order valence-electron chi connectivity index (χ4n) is 1.79. The number of ether oxygens (including phenoxy) is 1. The van der Waals surface area contributed by atoms with Gasteiger partial charge >= 0.3 is 6.09 Å². The fourth-order valence-corrected chi connectivity index (χ4v) is 1.79. The molecule has 1 amide bonds. The first-order valence-corrected chi connectivity index (χ1v) is 5.52. The van der Waals surface area contributed by atoms with Gasteiger partial charge in [0.1, 0.15) is 0 Å². The third kappa shape index (κ3) is 2.95. The van der Waals surface area contributed by atoms with Crippen molar-refractivity contribution < 1.29 is 19.7 Å². The van der Waals surface area contributed by atoms with Crippen LogP contribution >= 0.6 is 0 Å². The topological polar surface area (TPSA) is 70.0 Å². The minimum absolute atomic E-state index is 0.427. The highest BCUT2D eigenvalue weighted by Gasteiger charge is 2.30. The van der Waals surface area contributed by atoms with Crippen LogP contribution in [0.2, 0.25) is 0 Å². The number of hydrogen-bond donors (Lipinski definition) is 2. The third-order valence-corrected chi connectivity index (χ3v) is 2.74. The largest absolute Gasteiger partial charge is 0.441 e. The Morgan fingerprint density at radius 3 is 2.65 bits per heavy atom. The summed E-state index contributed by atoms with van der Waals surface area (Å²) in [6.45, 7) is 0.948. The van der Waals surface area contributed by atoms with Crippen LogP contribution in [0.25, 0.3) is 0 Å². The number of amides is 1. The fraction of sp³-hybridized carbons (Fsp3) is 0.417. The predicted molar refractivity (Wildman–Crippen MR) is 60.0 cm³/mol. The molecule has 0 bridgehead atoms. The maximum Gasteiger partial charge on any atom is 0.410 e. The van der Waals surface area contributed by atoms with Gasteiger partial charge in [-0.2, -0.15) is 0 Å². The number of cyclic esters (lactones) is 1. The van der Waals surface area contributed by atoms with Gasteiger partial charge in [0, 0.05) is 19.5 Å². The summed E-state index contributed by atoms with van der Waals surface area (Å²) < 4.78 is 4.92. The van der Waals surface area contributed by atoms with Crippen molar-refractivity contribution in [3.8, 4) is 0 Å². The van der Waals surface area contributed by atoms with Crippen molar-refractivity contribution in [2.75, 3.05) is 6.54 Å². The quantitative estimate of drug-likeness (QED) is 0.759. The Morgan fingerprint density at radius 1 is 1.35 bits per heavy atom. The van der Waals surface area contributed by atoms with Gasteiger partial charge in [-0.15, -0.1) is 0 Å². The molecule has 0 saturated carbocycles. The van der Waals surface area contributed by atoms with Crippen molar-refractivity contribution in [1.82, 2.24) is 4.90 Å². The van der Waals surface area contributed by atoms with Crippen LogP contribution in [0, 0.1) is 0 Å². The smallest absolute Gasteiger partial charge is 0.410 e. The van der Waals surface area contributed by atoms with E-state index >= 15 is 0 Å². The zero-order chi connectivity index (χ0) is 12.3. The molecule has 0 unspecified atom stereocenters. The second-order valence-corrected chi connectivity index (χ2v) is 4.03. The van der Waals surface area contributed by atoms with Gasteiger partial charge in [-0.1, -0.05) is 30.3 Å². The van der Waals surface area contributed by atoms with E-state index in [1.165, 1.54) is 0 Å². The van der Waals surface area contributed by atoms with Crippen LogP contribution in [0.5, 0.6) is 0 Å². The first kappa shape index (κ1) is 11.9. The third-order valence-electron chi connectivity index (χ3n) is 2.74. The van der Waals surface area contributed by atoms with Gasteiger partial charge in [-0.05, 0) is 5.56 Å². The molecular formula is C12H15NO4. The van der Waals surface area contributed by atoms with Crippen LogP contribution in [0.4, 0.5) is 4.79 Å². The molecule has 2 rings (SSSR count). The molecule has 5 heteroatoms. The van der Waals surface area contributed by atoms with E-state index in [2.05, 4.69) is 0 Å². The minimum atomic E-state index is -1.60. The van der Waals surface area contributed by atoms with Crippen LogP contribution in [0.15, 0.2) is 30.3 Å². The van der Waals surface area contributed by atoms with Crippen LogP contribution in [0.3, 0.4) is 0 Å². The summed E-state index contributed by atoms with van der Waals surface area (Å²) in [4.78, 5) is 13.1. The number of hydrogen-bond acceptors (Lipinski definition) is 4. The first-order valence-electron chi connectivity index (χ1n) is 5.52. The second kappa shape index (κ2) is 5.16. The van der Waals surface area contributed by atoms with Crippen molar-refractivity contribution in [3.05, 3.63) is 35.9 Å². The van der Waals surface area contributed by atoms with E-state index in [-0.39, 0.29) is 0 Å². The van der Waals surface area contributed by atoms with Crippen molar-refractivity contribution in [3.63, 3.8) is 0 Å². The van der Waals surface area contributed by atoms with E-state index in [0.717, 1.165) is 5.56 Å². The monoisotopic (exact) mass is 237 g/mol. The molecule has 1 fully saturated rings. The summed E-state index contributed by atoms with van der Waals surface area (Å²) in [5, 5.41) is 17.9. The molecule has 1 aromatic carbocycles. The average molecular weight is 237 g/mol. The van der Waals surface area contributed by atoms with Crippen LogP contribution in [0.1, 0.15) is 12.0 Å². The molecule has 1 aliphatic heterocycles. The van der Waals surface area contributed by atoms with Gasteiger partial charge in [0.05, 0.1) is 0 Å². The molecular weight excluding hydrogens is 222 g/mol. The molecule has 92 valence electrons. The minimum Gasteiger partial charge on any atom is -0.441 e. The van der Waals surface area contributed by atoms with Crippen molar-refractivity contribution in [2.24, 2.45) is 0 Å². The van der Waals surface area contributed by atoms with Gasteiger partial charge in [-0.3, -0.25) is 0 Å². The molecule has 2 N–H and O–H groups in total. The molecule has 1 atom stereocenters. The summed E-state index contributed by atoms with van der Waals surface area (Å²) in [7, 11) is 0. The standard InChI is InChI=1S/C12H15NO4/c14-11(15)10-6-7-13(12(16)17-10)8-9-4-2-1-3-5-9/h1-5,10-11,14-15H,6-8H2/t10-/m1/s1. The molecule has 1 saturated heterocycles. The maximum absolute atomic E-state index is 11.6. The van der Waals surface area contributed by atoms with Crippen LogP contribution < -0.4 is 0 Å². The van der Waals surface area contributed by atoms with Crippen molar-refractivity contribution >= 4 is 6.09 Å². The van der Waals surface area contributed by atoms with Crippen molar-refractivity contribution in [2.45, 2.75) is 25.4 Å². The van der Waals surface area contributed by atoms with E-state index < -0.39 is 18.5 Å². The molecule has 17 heavy (non-hydrogen) atoms. The van der Waals surface area contributed by atoms with Crippen LogP contribution in [-0.2, 0) is 11.3 Å². The highest BCUT2D eigenvalue weighted by Crippen LogP contribution is 2.16. The summed E-state index contributed by atoms with van der Waals surface area (Å²) in [6.07, 6.45) is -2.48. The number of nitrogens with zero attached hydrogens (tertiary/aromatic N) is 1. The zero-order valence-corrected chi connectivity index (χ0v) is 9.32. The van der Waals surface area contributed by atoms with E-state index in [1.54, 1.807) is 4.90 Å². The predicted octanol–water partition coefficient (Wildman–Crippen LogP) is 0.708. The lowest BCUT2D eigenvalue weighted by molar-refractivity contribution is -0.141. The van der Waals surface area contributed by atoms with E-state index in [4.69, 9.17) is 14.9 Å². The maximum atomic E-state index is 11.6. The molecule has 1 heterocycles. The Morgan fingerprint density at radius 2 is 2.06 bits per heavy atom. The number of benzene rings is 1. The Bertz CT molecular complexity index is 379. The van der Waals surface area contributed by atoms with Gasteiger partial charge < -0.3 is 19.8 Å². The zero-order valence-electron chi connectivity index (χ0n) is 9.32. The summed E-state index contributed by atoms with van der Waals surface area (Å²) in [5.41, 5.74) is 1.02. The number of rotatable bonds is 3. The molecule has 5 nitrogen and oxygen atoms in total. The normalized spacial score (nSPS) is 20.5. The molecule has 0 aliphatic carbocycles. The first-order chi connectivity index (χ1) is 8.16. The Hall–Kier alpha value is -1.59. The number of aliphatic hydroxyl groups is 2. The number of aliphatic hydroxyl groups excluding tert-OH is 1. The van der Waals surface area contributed by atoms with Gasteiger partial charge in [0.15, 0.2) is 12.4 Å². The molecule has 0 spiro atoms. The molecule has 0 radical (unpaired) electrons. The van der Waals surface area contributed by atoms with E-state index in [0.29, 0.717) is 19.5 Å². The lowest BCUT2D eigenvalue weighted by Crippen LogP contribution is -2.45. The number of carbonyl (C=O) groups excluding carboxylic acids is 1. The molecule has 1 aliphatic rings. The number of carbonyl (C=O) groups is 1. The highest BCUT2D eigenvalue weighted by atomic mass is 16.6. The van der Waals surface area contributed by atoms with E-state index in [1.807, 2.05) is 30.3 Å². The highest BCUT2D eigenvalue weighted by molar-refractivity contribution is 5.68. The van der Waals surface area contributed by atoms with Gasteiger partial charge in [0.25, 0.3) is 0 Å². The lowest BCUT2D eigenvalue weighted by Gasteiger charge is -2.32. The Labute approximate surface area is 99.2 Å². The molecule has 1 aromatic rings. The SMILES string of the molecule is O=C1O[C@@H](C(O)O)CCN1Cc1ccccc1. The summed E-state index contributed by atoms with van der Waals surface area (Å²) in [6, 6.07) is 9.59. The average Bonchev–Trinajstić information content (AvgIpc) is 2.33. The summed E-state index contributed by atoms with van der Waals surface area (Å²) >= 11 is 0.